The first-order valence-electron chi connectivity index (χ1n) is 6.85. The first kappa shape index (κ1) is 14.5. The van der Waals surface area contributed by atoms with E-state index in [2.05, 4.69) is 12.2 Å². The Labute approximate surface area is 104 Å². The molecule has 0 saturated heterocycles. The molecule has 3 N–H and O–H groups in total. The van der Waals surface area contributed by atoms with Crippen LogP contribution in [0, 0.1) is 5.92 Å². The maximum Gasteiger partial charge on any atom is 0.236 e. The van der Waals surface area contributed by atoms with Gasteiger partial charge in [0, 0.05) is 19.8 Å². The molecule has 1 fully saturated rings. The highest BCUT2D eigenvalue weighted by atomic mass is 16.5. The van der Waals surface area contributed by atoms with E-state index in [0.717, 1.165) is 38.9 Å². The van der Waals surface area contributed by atoms with E-state index >= 15 is 0 Å². The van der Waals surface area contributed by atoms with E-state index in [9.17, 15) is 4.79 Å². The lowest BCUT2D eigenvalue weighted by Gasteiger charge is -2.11. The van der Waals surface area contributed by atoms with Crippen molar-refractivity contribution in [3.05, 3.63) is 0 Å². The van der Waals surface area contributed by atoms with Crippen molar-refractivity contribution in [1.82, 2.24) is 5.32 Å². The number of nitrogens with two attached hydrogens (primary N) is 1. The van der Waals surface area contributed by atoms with Crippen LogP contribution in [-0.4, -0.2) is 31.7 Å². The van der Waals surface area contributed by atoms with Gasteiger partial charge in [-0.3, -0.25) is 4.79 Å². The van der Waals surface area contributed by atoms with E-state index < -0.39 is 0 Å². The molecule has 0 heterocycles. The van der Waals surface area contributed by atoms with Crippen molar-refractivity contribution < 1.29 is 9.53 Å². The molecule has 17 heavy (non-hydrogen) atoms. The van der Waals surface area contributed by atoms with Crippen LogP contribution in [-0.2, 0) is 9.53 Å². The van der Waals surface area contributed by atoms with Crippen LogP contribution in [0.25, 0.3) is 0 Å². The normalized spacial score (nSPS) is 16.8. The number of rotatable bonds is 10. The van der Waals surface area contributed by atoms with Gasteiger partial charge in [-0.1, -0.05) is 26.2 Å². The van der Waals surface area contributed by atoms with Gasteiger partial charge in [-0.2, -0.15) is 0 Å². The van der Waals surface area contributed by atoms with Crippen molar-refractivity contribution in [2.75, 3.05) is 19.8 Å². The van der Waals surface area contributed by atoms with Gasteiger partial charge in [-0.15, -0.1) is 0 Å². The Balaban J connectivity index is 1.88. The number of hydrogen-bond acceptors (Lipinski definition) is 3. The lowest BCUT2D eigenvalue weighted by atomic mass is 10.1. The quantitative estimate of drug-likeness (QED) is 0.570. The van der Waals surface area contributed by atoms with Crippen molar-refractivity contribution in [2.45, 2.75) is 51.5 Å². The van der Waals surface area contributed by atoms with E-state index in [0.29, 0.717) is 12.5 Å². The van der Waals surface area contributed by atoms with E-state index in [4.69, 9.17) is 10.5 Å². The van der Waals surface area contributed by atoms with Gasteiger partial charge in [-0.05, 0) is 25.2 Å². The van der Waals surface area contributed by atoms with Crippen LogP contribution in [0.15, 0.2) is 0 Å². The van der Waals surface area contributed by atoms with E-state index in [1.165, 1.54) is 12.8 Å². The third kappa shape index (κ3) is 7.34. The van der Waals surface area contributed by atoms with Crippen LogP contribution in [0.5, 0.6) is 0 Å². The number of ether oxygens (including phenoxy) is 1. The molecular formula is C13H26N2O2. The molecule has 1 aliphatic rings. The van der Waals surface area contributed by atoms with E-state index in [1.54, 1.807) is 0 Å². The molecule has 0 aromatic heterocycles. The minimum absolute atomic E-state index is 0.00884. The van der Waals surface area contributed by atoms with Gasteiger partial charge in [0.15, 0.2) is 0 Å². The fourth-order valence-corrected chi connectivity index (χ4v) is 1.69. The molecule has 0 bridgehead atoms. The summed E-state index contributed by atoms with van der Waals surface area (Å²) in [6.45, 7) is 4.36. The van der Waals surface area contributed by atoms with Crippen molar-refractivity contribution >= 4 is 5.91 Å². The summed E-state index contributed by atoms with van der Waals surface area (Å²) >= 11 is 0. The molecule has 1 rings (SSSR count). The smallest absolute Gasteiger partial charge is 0.236 e. The first-order chi connectivity index (χ1) is 8.24. The molecule has 4 heteroatoms. The Morgan fingerprint density at radius 3 is 2.76 bits per heavy atom. The summed E-state index contributed by atoms with van der Waals surface area (Å²) in [6, 6.07) is -0.316. The zero-order chi connectivity index (χ0) is 12.5. The summed E-state index contributed by atoms with van der Waals surface area (Å²) < 4.78 is 5.41. The largest absolute Gasteiger partial charge is 0.381 e. The SMILES string of the molecule is CCCCOCCCNC(=O)C(N)CC1CC1. The maximum atomic E-state index is 11.6. The van der Waals surface area contributed by atoms with Crippen LogP contribution in [0.4, 0.5) is 0 Å². The number of hydrogen-bond donors (Lipinski definition) is 2. The predicted octanol–water partition coefficient (Wildman–Crippen LogP) is 1.44. The number of carbonyl (C=O) groups excluding carboxylic acids is 1. The molecule has 0 aromatic rings. The second-order valence-electron chi connectivity index (χ2n) is 4.90. The van der Waals surface area contributed by atoms with Gasteiger partial charge < -0.3 is 15.8 Å². The minimum atomic E-state index is -0.316. The molecule has 4 nitrogen and oxygen atoms in total. The minimum Gasteiger partial charge on any atom is -0.381 e. The summed E-state index contributed by atoms with van der Waals surface area (Å²) in [5.41, 5.74) is 5.80. The van der Waals surface area contributed by atoms with Crippen molar-refractivity contribution in [3.8, 4) is 0 Å². The second kappa shape index (κ2) is 8.48. The molecular weight excluding hydrogens is 216 g/mol. The number of nitrogens with one attached hydrogen (secondary N) is 1. The molecule has 100 valence electrons. The van der Waals surface area contributed by atoms with Crippen molar-refractivity contribution in [1.29, 1.82) is 0 Å². The lowest BCUT2D eigenvalue weighted by molar-refractivity contribution is -0.122. The van der Waals surface area contributed by atoms with Crippen LogP contribution in [0.2, 0.25) is 0 Å². The summed E-state index contributed by atoms with van der Waals surface area (Å²) in [6.07, 6.45) is 6.47. The monoisotopic (exact) mass is 242 g/mol. The third-order valence-corrected chi connectivity index (χ3v) is 3.03. The van der Waals surface area contributed by atoms with Crippen molar-refractivity contribution in [3.63, 3.8) is 0 Å². The number of carbonyl (C=O) groups is 1. The molecule has 1 amide bonds. The molecule has 1 aliphatic carbocycles. The molecule has 1 atom stereocenters. The molecule has 0 aromatic carbocycles. The predicted molar refractivity (Wildman–Crippen MR) is 68.7 cm³/mol. The number of unbranched alkanes of at least 4 members (excludes halogenated alkanes) is 1. The van der Waals surface area contributed by atoms with Gasteiger partial charge in [0.25, 0.3) is 0 Å². The average Bonchev–Trinajstić information content (AvgIpc) is 3.11. The van der Waals surface area contributed by atoms with Crippen molar-refractivity contribution in [2.24, 2.45) is 11.7 Å². The van der Waals surface area contributed by atoms with Crippen LogP contribution < -0.4 is 11.1 Å². The fraction of sp³-hybridized carbons (Fsp3) is 0.923. The molecule has 1 saturated carbocycles. The average molecular weight is 242 g/mol. The van der Waals surface area contributed by atoms with Gasteiger partial charge in [0.05, 0.1) is 6.04 Å². The Morgan fingerprint density at radius 1 is 1.41 bits per heavy atom. The van der Waals surface area contributed by atoms with Crippen LogP contribution in [0.3, 0.4) is 0 Å². The molecule has 0 radical (unpaired) electrons. The van der Waals surface area contributed by atoms with Gasteiger partial charge >= 0.3 is 0 Å². The standard InChI is InChI=1S/C13H26N2O2/c1-2-3-8-17-9-4-7-15-13(16)12(14)10-11-5-6-11/h11-12H,2-10,14H2,1H3,(H,15,16). The topological polar surface area (TPSA) is 64.3 Å². The Kier molecular flexibility index (Phi) is 7.21. The van der Waals surface area contributed by atoms with Gasteiger partial charge in [0.2, 0.25) is 5.91 Å². The fourth-order valence-electron chi connectivity index (χ4n) is 1.69. The first-order valence-corrected chi connectivity index (χ1v) is 6.85. The number of amides is 1. The van der Waals surface area contributed by atoms with Crippen LogP contribution >= 0.6 is 0 Å². The Bertz CT molecular complexity index is 217. The summed E-state index contributed by atoms with van der Waals surface area (Å²) in [5.74, 6) is 0.693. The zero-order valence-electron chi connectivity index (χ0n) is 10.9. The van der Waals surface area contributed by atoms with E-state index in [-0.39, 0.29) is 11.9 Å². The maximum absolute atomic E-state index is 11.6. The van der Waals surface area contributed by atoms with E-state index in [1.807, 2.05) is 0 Å². The summed E-state index contributed by atoms with van der Waals surface area (Å²) in [7, 11) is 0. The summed E-state index contributed by atoms with van der Waals surface area (Å²) in [4.78, 5) is 11.6. The summed E-state index contributed by atoms with van der Waals surface area (Å²) in [5, 5.41) is 2.86. The molecule has 0 aliphatic heterocycles. The van der Waals surface area contributed by atoms with Gasteiger partial charge in [-0.25, -0.2) is 0 Å². The Hall–Kier alpha value is -0.610. The third-order valence-electron chi connectivity index (χ3n) is 3.03. The Morgan fingerprint density at radius 2 is 2.12 bits per heavy atom. The highest BCUT2D eigenvalue weighted by Gasteiger charge is 2.26. The zero-order valence-corrected chi connectivity index (χ0v) is 10.9. The highest BCUT2D eigenvalue weighted by molar-refractivity contribution is 5.81. The highest BCUT2D eigenvalue weighted by Crippen LogP contribution is 2.33. The van der Waals surface area contributed by atoms with Crippen LogP contribution in [0.1, 0.15) is 45.4 Å². The van der Waals surface area contributed by atoms with Gasteiger partial charge in [0.1, 0.15) is 0 Å². The lowest BCUT2D eigenvalue weighted by Crippen LogP contribution is -2.41. The molecule has 1 unspecified atom stereocenters. The molecule has 0 spiro atoms. The second-order valence-corrected chi connectivity index (χ2v) is 4.90.